The molecule has 1 N–H and O–H groups in total. The molecule has 0 amide bonds. The summed E-state index contributed by atoms with van der Waals surface area (Å²) in [5.74, 6) is 1.96. The van der Waals surface area contributed by atoms with Crippen LogP contribution in [0, 0.1) is 0 Å². The predicted octanol–water partition coefficient (Wildman–Crippen LogP) is 2.37. The van der Waals surface area contributed by atoms with Gasteiger partial charge in [0.05, 0.1) is 5.69 Å². The summed E-state index contributed by atoms with van der Waals surface area (Å²) in [6.45, 7) is 5.04. The minimum absolute atomic E-state index is 0.0674. The Labute approximate surface area is 102 Å². The average Bonchev–Trinajstić information content (AvgIpc) is 2.99. The maximum atomic E-state index is 5.81. The predicted molar refractivity (Wildman–Crippen MR) is 66.9 cm³/mol. The Balaban J connectivity index is 2.33. The fraction of sp³-hybridized carbons (Fsp3) is 0.462. The number of hydrogen-bond donors (Lipinski definition) is 1. The monoisotopic (exact) mass is 233 g/mol. The van der Waals surface area contributed by atoms with Gasteiger partial charge in [0.25, 0.3) is 0 Å². The molecule has 1 atom stereocenters. The van der Waals surface area contributed by atoms with Gasteiger partial charge in [0, 0.05) is 19.2 Å². The highest BCUT2D eigenvalue weighted by molar-refractivity contribution is 5.21. The van der Waals surface area contributed by atoms with E-state index >= 15 is 0 Å². The first-order valence-corrected chi connectivity index (χ1v) is 6.07. The molecule has 0 aliphatic carbocycles. The van der Waals surface area contributed by atoms with Crippen molar-refractivity contribution in [3.63, 3.8) is 0 Å². The van der Waals surface area contributed by atoms with Crippen molar-refractivity contribution in [1.82, 2.24) is 15.1 Å². The molecule has 2 aromatic heterocycles. The van der Waals surface area contributed by atoms with E-state index in [2.05, 4.69) is 24.3 Å². The third-order valence-corrected chi connectivity index (χ3v) is 2.95. The Kier molecular flexibility index (Phi) is 3.64. The molecule has 2 heterocycles. The summed E-state index contributed by atoms with van der Waals surface area (Å²) in [6.07, 6.45) is 2.75. The zero-order chi connectivity index (χ0) is 12.3. The van der Waals surface area contributed by atoms with Gasteiger partial charge in [0.15, 0.2) is 0 Å². The number of hydrogen-bond acceptors (Lipinski definition) is 3. The minimum atomic E-state index is 0.0674. The molecule has 2 aromatic rings. The standard InChI is InChI=1S/C13H19N3O/c1-4-10-6-7-12(17-10)13(14-3)11-8-9-15-16(11)5-2/h6-9,13-14H,4-5H2,1-3H3. The summed E-state index contributed by atoms with van der Waals surface area (Å²) in [4.78, 5) is 0. The third-order valence-electron chi connectivity index (χ3n) is 2.95. The molecule has 17 heavy (non-hydrogen) atoms. The Bertz CT molecular complexity index is 472. The van der Waals surface area contributed by atoms with Crippen molar-refractivity contribution in [3.8, 4) is 0 Å². The Morgan fingerprint density at radius 2 is 2.18 bits per heavy atom. The van der Waals surface area contributed by atoms with Gasteiger partial charge in [-0.2, -0.15) is 5.10 Å². The first-order chi connectivity index (χ1) is 8.30. The van der Waals surface area contributed by atoms with Crippen LogP contribution in [0.15, 0.2) is 28.8 Å². The second-order valence-electron chi connectivity index (χ2n) is 3.95. The summed E-state index contributed by atoms with van der Waals surface area (Å²) in [7, 11) is 1.94. The number of nitrogens with zero attached hydrogens (tertiary/aromatic N) is 2. The van der Waals surface area contributed by atoms with Gasteiger partial charge in [0.2, 0.25) is 0 Å². The van der Waals surface area contributed by atoms with Crippen LogP contribution in [-0.4, -0.2) is 16.8 Å². The smallest absolute Gasteiger partial charge is 0.127 e. The van der Waals surface area contributed by atoms with Crippen LogP contribution in [0.3, 0.4) is 0 Å². The van der Waals surface area contributed by atoms with Gasteiger partial charge < -0.3 is 9.73 Å². The molecule has 1 unspecified atom stereocenters. The van der Waals surface area contributed by atoms with Crippen LogP contribution in [0.25, 0.3) is 0 Å². The van der Waals surface area contributed by atoms with Crippen LogP contribution in [0.2, 0.25) is 0 Å². The van der Waals surface area contributed by atoms with E-state index in [1.54, 1.807) is 0 Å². The SMILES string of the molecule is CCc1ccc(C(NC)c2ccnn2CC)o1. The van der Waals surface area contributed by atoms with Gasteiger partial charge in [-0.05, 0) is 32.2 Å². The van der Waals surface area contributed by atoms with Crippen molar-refractivity contribution >= 4 is 0 Å². The summed E-state index contributed by atoms with van der Waals surface area (Å²) < 4.78 is 7.79. The topological polar surface area (TPSA) is 43.0 Å². The van der Waals surface area contributed by atoms with Crippen LogP contribution in [-0.2, 0) is 13.0 Å². The van der Waals surface area contributed by atoms with Crippen molar-refractivity contribution in [2.24, 2.45) is 0 Å². The highest BCUT2D eigenvalue weighted by Gasteiger charge is 2.19. The molecule has 0 aliphatic rings. The van der Waals surface area contributed by atoms with E-state index in [1.165, 1.54) is 0 Å². The fourth-order valence-corrected chi connectivity index (χ4v) is 2.03. The summed E-state index contributed by atoms with van der Waals surface area (Å²) in [5, 5.41) is 7.57. The lowest BCUT2D eigenvalue weighted by molar-refractivity contribution is 0.420. The van der Waals surface area contributed by atoms with Crippen molar-refractivity contribution in [3.05, 3.63) is 41.6 Å². The van der Waals surface area contributed by atoms with Crippen molar-refractivity contribution < 1.29 is 4.42 Å². The van der Waals surface area contributed by atoms with Gasteiger partial charge >= 0.3 is 0 Å². The van der Waals surface area contributed by atoms with E-state index in [1.807, 2.05) is 36.1 Å². The molecular formula is C13H19N3O. The second kappa shape index (κ2) is 5.19. The van der Waals surface area contributed by atoms with Gasteiger partial charge in [-0.1, -0.05) is 6.92 Å². The molecule has 4 nitrogen and oxygen atoms in total. The van der Waals surface area contributed by atoms with Gasteiger partial charge in [-0.25, -0.2) is 0 Å². The fourth-order valence-electron chi connectivity index (χ4n) is 2.03. The Morgan fingerprint density at radius 3 is 2.76 bits per heavy atom. The lowest BCUT2D eigenvalue weighted by Gasteiger charge is -2.15. The molecule has 0 radical (unpaired) electrons. The van der Waals surface area contributed by atoms with Crippen molar-refractivity contribution in [2.75, 3.05) is 7.05 Å². The Hall–Kier alpha value is -1.55. The molecule has 0 aromatic carbocycles. The lowest BCUT2D eigenvalue weighted by atomic mass is 10.1. The molecular weight excluding hydrogens is 214 g/mol. The highest BCUT2D eigenvalue weighted by atomic mass is 16.3. The molecule has 0 saturated heterocycles. The number of nitrogens with one attached hydrogen (secondary N) is 1. The Morgan fingerprint density at radius 1 is 1.35 bits per heavy atom. The van der Waals surface area contributed by atoms with E-state index in [0.717, 1.165) is 30.2 Å². The number of aromatic nitrogens is 2. The van der Waals surface area contributed by atoms with Crippen LogP contribution < -0.4 is 5.32 Å². The van der Waals surface area contributed by atoms with Crippen LogP contribution >= 0.6 is 0 Å². The van der Waals surface area contributed by atoms with Crippen LogP contribution in [0.5, 0.6) is 0 Å². The summed E-state index contributed by atoms with van der Waals surface area (Å²) in [5.41, 5.74) is 1.13. The van der Waals surface area contributed by atoms with E-state index < -0.39 is 0 Å². The second-order valence-corrected chi connectivity index (χ2v) is 3.95. The van der Waals surface area contributed by atoms with E-state index in [-0.39, 0.29) is 6.04 Å². The largest absolute Gasteiger partial charge is 0.464 e. The quantitative estimate of drug-likeness (QED) is 0.862. The van der Waals surface area contributed by atoms with Crippen molar-refractivity contribution in [1.29, 1.82) is 0 Å². The zero-order valence-electron chi connectivity index (χ0n) is 10.6. The van der Waals surface area contributed by atoms with Crippen LogP contribution in [0.4, 0.5) is 0 Å². The maximum absolute atomic E-state index is 5.81. The van der Waals surface area contributed by atoms with Gasteiger partial charge in [0.1, 0.15) is 17.6 Å². The molecule has 4 heteroatoms. The summed E-state index contributed by atoms with van der Waals surface area (Å²) >= 11 is 0. The van der Waals surface area contributed by atoms with E-state index in [4.69, 9.17) is 4.42 Å². The maximum Gasteiger partial charge on any atom is 0.127 e. The molecule has 0 saturated carbocycles. The number of rotatable bonds is 5. The first-order valence-electron chi connectivity index (χ1n) is 6.07. The number of aryl methyl sites for hydroxylation is 2. The molecule has 92 valence electrons. The third kappa shape index (κ3) is 2.26. The molecule has 0 spiro atoms. The average molecular weight is 233 g/mol. The van der Waals surface area contributed by atoms with Gasteiger partial charge in [-0.15, -0.1) is 0 Å². The molecule has 0 fully saturated rings. The van der Waals surface area contributed by atoms with E-state index in [0.29, 0.717) is 0 Å². The van der Waals surface area contributed by atoms with E-state index in [9.17, 15) is 0 Å². The summed E-state index contributed by atoms with van der Waals surface area (Å²) in [6, 6.07) is 6.16. The molecule has 0 bridgehead atoms. The van der Waals surface area contributed by atoms with Gasteiger partial charge in [-0.3, -0.25) is 4.68 Å². The highest BCUT2D eigenvalue weighted by Crippen LogP contribution is 2.23. The lowest BCUT2D eigenvalue weighted by Crippen LogP contribution is -2.20. The zero-order valence-corrected chi connectivity index (χ0v) is 10.6. The molecule has 2 rings (SSSR count). The van der Waals surface area contributed by atoms with Crippen molar-refractivity contribution in [2.45, 2.75) is 32.9 Å². The van der Waals surface area contributed by atoms with Crippen LogP contribution in [0.1, 0.15) is 37.1 Å². The minimum Gasteiger partial charge on any atom is -0.464 e. The normalized spacial score (nSPS) is 12.9. The first kappa shape index (κ1) is 11.9. The number of furan rings is 1. The molecule has 0 aliphatic heterocycles.